The summed E-state index contributed by atoms with van der Waals surface area (Å²) in [6.07, 6.45) is 5.74. The largest absolute Gasteiger partial charge is 0.309 e. The normalized spacial score (nSPS) is 25.2. The van der Waals surface area contributed by atoms with Crippen LogP contribution in [0.5, 0.6) is 0 Å². The highest BCUT2D eigenvalue weighted by atomic mass is 15.1. The molecule has 4 aliphatic rings. The molecule has 0 heterocycles. The first kappa shape index (κ1) is 28.4. The van der Waals surface area contributed by atoms with E-state index in [1.54, 1.807) is 5.56 Å². The van der Waals surface area contributed by atoms with Gasteiger partial charge in [-0.1, -0.05) is 140 Å². The molecular weight excluding hydrogens is 603 g/mol. The highest BCUT2D eigenvalue weighted by Crippen LogP contribution is 2.93. The SMILES string of the molecule is c1ccc(-c2ccc(N(c3ccccc3)c3ccccc3-c3cccc4cccc(C56CC7CC8CC(C5)C876)c34)c(-c3ccccc3)c2)cc1. The van der Waals surface area contributed by atoms with E-state index >= 15 is 0 Å². The number of rotatable bonds is 7. The minimum Gasteiger partial charge on any atom is -0.309 e. The Morgan fingerprint density at radius 3 is 1.74 bits per heavy atom. The van der Waals surface area contributed by atoms with Gasteiger partial charge in [0, 0.05) is 22.2 Å². The lowest BCUT2D eigenvalue weighted by molar-refractivity contribution is -0.394. The van der Waals surface area contributed by atoms with E-state index in [9.17, 15) is 0 Å². The number of hydrogen-bond acceptors (Lipinski definition) is 1. The van der Waals surface area contributed by atoms with Crippen LogP contribution < -0.4 is 4.90 Å². The summed E-state index contributed by atoms with van der Waals surface area (Å²) in [5.41, 5.74) is 13.6. The van der Waals surface area contributed by atoms with Crippen LogP contribution in [0.4, 0.5) is 17.1 Å². The molecule has 11 rings (SSSR count). The molecule has 4 aliphatic carbocycles. The lowest BCUT2D eigenvalue weighted by Gasteiger charge is -2.91. The second-order valence-corrected chi connectivity index (χ2v) is 15.3. The predicted molar refractivity (Wildman–Crippen MR) is 208 cm³/mol. The highest BCUT2D eigenvalue weighted by Gasteiger charge is 2.87. The monoisotopic (exact) mass is 641 g/mol. The maximum Gasteiger partial charge on any atom is 0.0540 e. The molecule has 0 amide bonds. The van der Waals surface area contributed by atoms with Crippen LogP contribution in [0.1, 0.15) is 31.2 Å². The minimum absolute atomic E-state index is 0.376. The number of para-hydroxylation sites is 2. The van der Waals surface area contributed by atoms with Crippen molar-refractivity contribution in [3.05, 3.63) is 175 Å². The molecule has 0 aliphatic heterocycles. The number of anilines is 3. The van der Waals surface area contributed by atoms with Gasteiger partial charge < -0.3 is 4.90 Å². The van der Waals surface area contributed by atoms with E-state index < -0.39 is 0 Å². The summed E-state index contributed by atoms with van der Waals surface area (Å²) >= 11 is 0. The standard InChI is InChI=1S/C49H39N/c1-4-14-33(15-5-1)36-26-27-46(43(28-36)34-16-6-2-7-17-34)50(40-20-8-3-9-21-40)45-25-11-10-22-41(45)42-23-12-18-35-19-13-24-44(47(35)42)48-31-38-29-37-30-39(32-48)49(37,38)48/h1-28,37-39H,29-32H2. The van der Waals surface area contributed by atoms with Gasteiger partial charge in [-0.2, -0.15) is 0 Å². The first-order valence-corrected chi connectivity index (χ1v) is 18.5. The molecule has 4 saturated carbocycles. The topological polar surface area (TPSA) is 3.24 Å². The van der Waals surface area contributed by atoms with E-state index in [1.165, 1.54) is 81.2 Å². The Labute approximate surface area is 294 Å². The Balaban J connectivity index is 1.14. The number of hydrogen-bond donors (Lipinski definition) is 0. The molecule has 2 atom stereocenters. The van der Waals surface area contributed by atoms with Crippen molar-refractivity contribution >= 4 is 27.8 Å². The van der Waals surface area contributed by atoms with Crippen molar-refractivity contribution in [3.63, 3.8) is 0 Å². The average molecular weight is 642 g/mol. The summed E-state index contributed by atoms with van der Waals surface area (Å²) < 4.78 is 0. The third-order valence-electron chi connectivity index (χ3n) is 13.5. The van der Waals surface area contributed by atoms with E-state index in [1.807, 2.05) is 0 Å². The van der Waals surface area contributed by atoms with Crippen LogP contribution in [0, 0.1) is 23.2 Å². The van der Waals surface area contributed by atoms with Crippen molar-refractivity contribution in [2.45, 2.75) is 31.1 Å². The molecule has 1 spiro atoms. The lowest BCUT2D eigenvalue weighted by atomic mass is 9.12. The predicted octanol–water partition coefficient (Wildman–Crippen LogP) is 13.0. The van der Waals surface area contributed by atoms with E-state index in [0.717, 1.165) is 23.4 Å². The zero-order valence-electron chi connectivity index (χ0n) is 28.2. The molecule has 1 nitrogen and oxygen atoms in total. The molecule has 2 unspecified atom stereocenters. The van der Waals surface area contributed by atoms with Crippen LogP contribution in [0.2, 0.25) is 0 Å². The van der Waals surface area contributed by atoms with Crippen molar-refractivity contribution < 1.29 is 0 Å². The second-order valence-electron chi connectivity index (χ2n) is 15.3. The fourth-order valence-corrected chi connectivity index (χ4v) is 11.6. The number of nitrogens with zero attached hydrogens (tertiary/aromatic N) is 1. The Bertz CT molecular complexity index is 2380. The van der Waals surface area contributed by atoms with E-state index in [0.29, 0.717) is 10.8 Å². The van der Waals surface area contributed by atoms with Gasteiger partial charge in [-0.3, -0.25) is 0 Å². The third-order valence-corrected chi connectivity index (χ3v) is 13.5. The first-order chi connectivity index (χ1) is 24.8. The van der Waals surface area contributed by atoms with E-state index in [-0.39, 0.29) is 0 Å². The molecule has 0 radical (unpaired) electrons. The zero-order chi connectivity index (χ0) is 32.9. The second kappa shape index (κ2) is 10.6. The number of benzene rings is 7. The number of fused-ring (bicyclic) bond motifs is 1. The van der Waals surface area contributed by atoms with Crippen molar-refractivity contribution in [1.82, 2.24) is 0 Å². The molecule has 7 aromatic rings. The minimum atomic E-state index is 0.376. The van der Waals surface area contributed by atoms with Crippen molar-refractivity contribution in [1.29, 1.82) is 0 Å². The molecule has 1 heteroatoms. The highest BCUT2D eigenvalue weighted by molar-refractivity contribution is 6.04. The lowest BCUT2D eigenvalue weighted by Crippen LogP contribution is -2.87. The van der Waals surface area contributed by atoms with Crippen LogP contribution in [-0.2, 0) is 5.41 Å². The molecule has 0 aromatic heterocycles. The van der Waals surface area contributed by atoms with Gasteiger partial charge in [0.15, 0.2) is 0 Å². The fourth-order valence-electron chi connectivity index (χ4n) is 11.6. The van der Waals surface area contributed by atoms with Gasteiger partial charge in [0.1, 0.15) is 0 Å². The summed E-state index contributed by atoms with van der Waals surface area (Å²) in [7, 11) is 0. The van der Waals surface area contributed by atoms with E-state index in [4.69, 9.17) is 0 Å². The van der Waals surface area contributed by atoms with Crippen LogP contribution in [0.25, 0.3) is 44.2 Å². The average Bonchev–Trinajstić information content (AvgIpc) is 3.15. The summed E-state index contributed by atoms with van der Waals surface area (Å²) in [5.74, 6) is 2.91. The van der Waals surface area contributed by atoms with Gasteiger partial charge in [-0.05, 0) is 118 Å². The zero-order valence-corrected chi connectivity index (χ0v) is 28.2. The Morgan fingerprint density at radius 2 is 1.04 bits per heavy atom. The van der Waals surface area contributed by atoms with Gasteiger partial charge in [0.05, 0.1) is 11.4 Å². The molecular formula is C49H39N. The molecule has 4 fully saturated rings. The molecule has 240 valence electrons. The van der Waals surface area contributed by atoms with Crippen LogP contribution in [0.3, 0.4) is 0 Å². The van der Waals surface area contributed by atoms with Crippen LogP contribution in [-0.4, -0.2) is 0 Å². The molecule has 0 saturated heterocycles. The van der Waals surface area contributed by atoms with Crippen molar-refractivity contribution in [2.75, 3.05) is 4.90 Å². The molecule has 7 aromatic carbocycles. The summed E-state index contributed by atoms with van der Waals surface area (Å²) in [5, 5.41) is 2.84. The maximum absolute atomic E-state index is 2.51. The summed E-state index contributed by atoms with van der Waals surface area (Å²) in [6.45, 7) is 0. The molecule has 0 bridgehead atoms. The Hall–Kier alpha value is -5.40. The quantitative estimate of drug-likeness (QED) is 0.167. The van der Waals surface area contributed by atoms with Gasteiger partial charge in [0.25, 0.3) is 0 Å². The fraction of sp³-hybridized carbons (Fsp3) is 0.184. The molecule has 50 heavy (non-hydrogen) atoms. The van der Waals surface area contributed by atoms with Gasteiger partial charge >= 0.3 is 0 Å². The first-order valence-electron chi connectivity index (χ1n) is 18.5. The Morgan fingerprint density at radius 1 is 0.440 bits per heavy atom. The van der Waals surface area contributed by atoms with Gasteiger partial charge in [0.2, 0.25) is 0 Å². The third kappa shape index (κ3) is 3.68. The van der Waals surface area contributed by atoms with Crippen LogP contribution >= 0.6 is 0 Å². The van der Waals surface area contributed by atoms with Gasteiger partial charge in [-0.15, -0.1) is 0 Å². The van der Waals surface area contributed by atoms with Crippen molar-refractivity contribution in [2.24, 2.45) is 23.2 Å². The van der Waals surface area contributed by atoms with E-state index in [2.05, 4.69) is 175 Å². The Kier molecular flexibility index (Phi) is 6.00. The molecule has 0 N–H and O–H groups in total. The maximum atomic E-state index is 2.51. The van der Waals surface area contributed by atoms with Crippen molar-refractivity contribution in [3.8, 4) is 33.4 Å². The summed E-state index contributed by atoms with van der Waals surface area (Å²) in [6, 6.07) is 62.9. The summed E-state index contributed by atoms with van der Waals surface area (Å²) in [4.78, 5) is 2.50. The van der Waals surface area contributed by atoms with Gasteiger partial charge in [-0.25, -0.2) is 0 Å². The van der Waals surface area contributed by atoms with Crippen LogP contribution in [0.15, 0.2) is 170 Å². The smallest absolute Gasteiger partial charge is 0.0540 e.